The smallest absolute Gasteiger partial charge is 0.144 e. The summed E-state index contributed by atoms with van der Waals surface area (Å²) in [4.78, 5) is 2.38. The molecule has 4 heteroatoms. The van der Waals surface area contributed by atoms with Crippen LogP contribution in [-0.2, 0) is 0 Å². The molecule has 0 atom stereocenters. The van der Waals surface area contributed by atoms with Crippen LogP contribution in [0, 0.1) is 0 Å². The van der Waals surface area contributed by atoms with Gasteiger partial charge in [-0.05, 0) is 65.2 Å². The monoisotopic (exact) mass is 683 g/mol. The van der Waals surface area contributed by atoms with E-state index in [9.17, 15) is 0 Å². The highest BCUT2D eigenvalue weighted by molar-refractivity contribution is 7.26. The zero-order valence-electron chi connectivity index (χ0n) is 27.9. The van der Waals surface area contributed by atoms with E-state index in [0.717, 1.165) is 72.1 Å². The minimum absolute atomic E-state index is 0.828. The van der Waals surface area contributed by atoms with E-state index in [1.165, 1.54) is 31.3 Å². The molecule has 244 valence electrons. The summed E-state index contributed by atoms with van der Waals surface area (Å²) in [5, 5.41) is 6.78. The molecule has 3 nitrogen and oxygen atoms in total. The highest BCUT2D eigenvalue weighted by atomic mass is 32.1. The number of hydrogen-bond donors (Lipinski definition) is 0. The van der Waals surface area contributed by atoms with Crippen LogP contribution in [0.1, 0.15) is 0 Å². The van der Waals surface area contributed by atoms with E-state index < -0.39 is 0 Å². The van der Waals surface area contributed by atoms with Crippen molar-refractivity contribution in [2.75, 3.05) is 4.90 Å². The maximum atomic E-state index is 6.99. The number of nitrogens with zero attached hydrogens (tertiary/aromatic N) is 1. The number of benzene rings is 8. The van der Waals surface area contributed by atoms with E-state index in [2.05, 4.69) is 169 Å². The lowest BCUT2D eigenvalue weighted by atomic mass is 9.96. The Morgan fingerprint density at radius 1 is 0.404 bits per heavy atom. The second-order valence-corrected chi connectivity index (χ2v) is 14.3. The number of thiophene rings is 1. The fourth-order valence-electron chi connectivity index (χ4n) is 7.91. The van der Waals surface area contributed by atoms with Gasteiger partial charge in [-0.15, -0.1) is 11.3 Å². The number of hydrogen-bond acceptors (Lipinski definition) is 4. The number of fused-ring (bicyclic) bond motifs is 9. The average Bonchev–Trinajstić information content (AvgIpc) is 3.89. The first kappa shape index (κ1) is 29.1. The third kappa shape index (κ3) is 4.45. The highest BCUT2D eigenvalue weighted by Crippen LogP contribution is 2.48. The van der Waals surface area contributed by atoms with Crippen LogP contribution in [0.4, 0.5) is 17.1 Å². The van der Waals surface area contributed by atoms with Crippen molar-refractivity contribution in [3.63, 3.8) is 0 Å². The Morgan fingerprint density at radius 2 is 1.10 bits per heavy atom. The molecule has 0 bridgehead atoms. The van der Waals surface area contributed by atoms with Gasteiger partial charge in [-0.2, -0.15) is 0 Å². The lowest BCUT2D eigenvalue weighted by molar-refractivity contribution is 0.664. The minimum atomic E-state index is 0.828. The van der Waals surface area contributed by atoms with Gasteiger partial charge in [0.2, 0.25) is 0 Å². The van der Waals surface area contributed by atoms with Crippen molar-refractivity contribution in [3.05, 3.63) is 176 Å². The summed E-state index contributed by atoms with van der Waals surface area (Å²) >= 11 is 1.84. The summed E-state index contributed by atoms with van der Waals surface area (Å²) in [5.41, 5.74) is 11.2. The molecular weight excluding hydrogens is 655 g/mol. The Balaban J connectivity index is 1.18. The summed E-state index contributed by atoms with van der Waals surface area (Å²) in [6, 6.07) is 62.3. The molecule has 0 spiro atoms. The van der Waals surface area contributed by atoms with Crippen molar-refractivity contribution < 1.29 is 8.83 Å². The van der Waals surface area contributed by atoms with Crippen molar-refractivity contribution in [2.45, 2.75) is 0 Å². The fraction of sp³-hybridized carbons (Fsp3) is 0. The van der Waals surface area contributed by atoms with E-state index in [-0.39, 0.29) is 0 Å². The lowest BCUT2D eigenvalue weighted by Crippen LogP contribution is -2.10. The molecule has 11 aromatic rings. The molecule has 52 heavy (non-hydrogen) atoms. The lowest BCUT2D eigenvalue weighted by Gasteiger charge is -2.26. The van der Waals surface area contributed by atoms with Crippen LogP contribution < -0.4 is 4.90 Å². The van der Waals surface area contributed by atoms with Crippen LogP contribution in [0.25, 0.3) is 86.3 Å². The fourth-order valence-corrected chi connectivity index (χ4v) is 9.12. The molecule has 0 aliphatic carbocycles. The molecule has 0 N–H and O–H groups in total. The van der Waals surface area contributed by atoms with Crippen molar-refractivity contribution in [1.82, 2.24) is 0 Å². The molecule has 8 aromatic carbocycles. The first-order valence-electron chi connectivity index (χ1n) is 17.5. The molecule has 0 unspecified atom stereocenters. The average molecular weight is 684 g/mol. The zero-order chi connectivity index (χ0) is 34.2. The van der Waals surface area contributed by atoms with Crippen LogP contribution in [0.15, 0.2) is 185 Å². The molecule has 0 amide bonds. The Morgan fingerprint density at radius 3 is 1.96 bits per heavy atom. The normalized spacial score (nSPS) is 11.8. The van der Waals surface area contributed by atoms with Gasteiger partial charge in [0.25, 0.3) is 0 Å². The van der Waals surface area contributed by atoms with Gasteiger partial charge in [0.1, 0.15) is 22.3 Å². The van der Waals surface area contributed by atoms with E-state index in [0.29, 0.717) is 0 Å². The van der Waals surface area contributed by atoms with Crippen molar-refractivity contribution in [2.24, 2.45) is 0 Å². The third-order valence-electron chi connectivity index (χ3n) is 10.2. The third-order valence-corrected chi connectivity index (χ3v) is 11.5. The maximum absolute atomic E-state index is 6.99. The predicted molar refractivity (Wildman–Crippen MR) is 219 cm³/mol. The van der Waals surface area contributed by atoms with Crippen LogP contribution in [0.5, 0.6) is 0 Å². The SMILES string of the molecule is c1ccc(-c2cccc(N(c3ccc4c(c3)oc3c(-c5ccccc5)c5c(cc34)oc3ccccc35)c3cccc4c3sc3ccccc34)c2)cc1. The quantitative estimate of drug-likeness (QED) is 0.181. The highest BCUT2D eigenvalue weighted by Gasteiger charge is 2.23. The van der Waals surface area contributed by atoms with Crippen LogP contribution in [0.2, 0.25) is 0 Å². The maximum Gasteiger partial charge on any atom is 0.144 e. The van der Waals surface area contributed by atoms with Gasteiger partial charge in [0.05, 0.1) is 10.4 Å². The van der Waals surface area contributed by atoms with Gasteiger partial charge in [-0.1, -0.05) is 121 Å². The minimum Gasteiger partial charge on any atom is -0.456 e. The van der Waals surface area contributed by atoms with E-state index in [1.807, 2.05) is 23.5 Å². The molecule has 0 saturated carbocycles. The van der Waals surface area contributed by atoms with Crippen molar-refractivity contribution in [3.8, 4) is 22.3 Å². The molecular formula is C48H29NO2S. The summed E-state index contributed by atoms with van der Waals surface area (Å²) in [7, 11) is 0. The predicted octanol–water partition coefficient (Wildman–Crippen LogP) is 14.7. The Labute approximate surface area is 303 Å². The summed E-state index contributed by atoms with van der Waals surface area (Å²) < 4.78 is 16.0. The zero-order valence-corrected chi connectivity index (χ0v) is 28.7. The van der Waals surface area contributed by atoms with Crippen LogP contribution in [0.3, 0.4) is 0 Å². The molecule has 0 saturated heterocycles. The molecule has 0 aliphatic heterocycles. The van der Waals surface area contributed by atoms with E-state index in [1.54, 1.807) is 0 Å². The van der Waals surface area contributed by atoms with Crippen molar-refractivity contribution in [1.29, 1.82) is 0 Å². The number of para-hydroxylation sites is 1. The van der Waals surface area contributed by atoms with E-state index in [4.69, 9.17) is 8.83 Å². The summed E-state index contributed by atoms with van der Waals surface area (Å²) in [5.74, 6) is 0. The van der Waals surface area contributed by atoms with Crippen molar-refractivity contribution >= 4 is 92.4 Å². The molecule has 0 fully saturated rings. The number of anilines is 3. The largest absolute Gasteiger partial charge is 0.456 e. The molecule has 3 aromatic heterocycles. The van der Waals surface area contributed by atoms with Gasteiger partial charge >= 0.3 is 0 Å². The Hall–Kier alpha value is -6.62. The van der Waals surface area contributed by atoms with Gasteiger partial charge < -0.3 is 13.7 Å². The number of furan rings is 2. The standard InChI is InChI=1S/C48H29NO2S/c1-3-13-30(14-4-1)32-17-11-18-33(27-32)49(40-22-12-21-37-36-19-8-10-24-44(36)52-48(37)40)34-25-26-35-39-29-43-46(38-20-7-9-23-41(38)50-43)45(31-15-5-2-6-16-31)47(39)51-42(35)28-34/h1-29H. The molecule has 0 radical (unpaired) electrons. The number of rotatable bonds is 5. The molecule has 3 heterocycles. The van der Waals surface area contributed by atoms with Gasteiger partial charge in [-0.3, -0.25) is 0 Å². The first-order chi connectivity index (χ1) is 25.8. The topological polar surface area (TPSA) is 29.5 Å². The van der Waals surface area contributed by atoms with Crippen LogP contribution >= 0.6 is 11.3 Å². The van der Waals surface area contributed by atoms with Gasteiger partial charge in [-0.25, -0.2) is 0 Å². The van der Waals surface area contributed by atoms with Gasteiger partial charge in [0.15, 0.2) is 0 Å². The first-order valence-corrected chi connectivity index (χ1v) is 18.3. The molecule has 0 aliphatic rings. The van der Waals surface area contributed by atoms with E-state index >= 15 is 0 Å². The summed E-state index contributed by atoms with van der Waals surface area (Å²) in [6.45, 7) is 0. The molecule has 11 rings (SSSR count). The second-order valence-electron chi connectivity index (χ2n) is 13.3. The summed E-state index contributed by atoms with van der Waals surface area (Å²) in [6.07, 6.45) is 0. The Bertz CT molecular complexity index is 3130. The van der Waals surface area contributed by atoms with Gasteiger partial charge in [0, 0.05) is 60.0 Å². The van der Waals surface area contributed by atoms with Crippen LogP contribution in [-0.4, -0.2) is 0 Å². The Kier molecular flexibility index (Phi) is 6.42. The second kappa shape index (κ2) is 11.5.